The zero-order valence-corrected chi connectivity index (χ0v) is 9.87. The maximum Gasteiger partial charge on any atom is 0.320 e. The Morgan fingerprint density at radius 2 is 2.38 bits per heavy atom. The lowest BCUT2D eigenvalue weighted by molar-refractivity contribution is -0.148. The lowest BCUT2D eigenvalue weighted by Gasteiger charge is -2.22. The SMILES string of the molecule is COCCNCC(=O)OCC1CCCCO1. The quantitative estimate of drug-likeness (QED) is 0.505. The molecule has 0 aliphatic carbocycles. The molecule has 5 heteroatoms. The molecule has 1 heterocycles. The molecule has 0 radical (unpaired) electrons. The van der Waals surface area contributed by atoms with Gasteiger partial charge in [0.05, 0.1) is 19.3 Å². The molecule has 1 saturated heterocycles. The second kappa shape index (κ2) is 8.50. The molecule has 1 aliphatic rings. The lowest BCUT2D eigenvalue weighted by Crippen LogP contribution is -2.31. The van der Waals surface area contributed by atoms with Crippen molar-refractivity contribution in [3.05, 3.63) is 0 Å². The van der Waals surface area contributed by atoms with Crippen LogP contribution in [0.3, 0.4) is 0 Å². The molecule has 0 bridgehead atoms. The van der Waals surface area contributed by atoms with Crippen LogP contribution in [0.1, 0.15) is 19.3 Å². The van der Waals surface area contributed by atoms with Gasteiger partial charge in [-0.15, -0.1) is 0 Å². The van der Waals surface area contributed by atoms with Crippen LogP contribution in [0.5, 0.6) is 0 Å². The van der Waals surface area contributed by atoms with Crippen LogP contribution in [0.4, 0.5) is 0 Å². The molecule has 5 nitrogen and oxygen atoms in total. The lowest BCUT2D eigenvalue weighted by atomic mass is 10.1. The zero-order valence-electron chi connectivity index (χ0n) is 9.87. The molecule has 94 valence electrons. The van der Waals surface area contributed by atoms with Crippen LogP contribution < -0.4 is 5.32 Å². The van der Waals surface area contributed by atoms with Gasteiger partial charge in [-0.25, -0.2) is 0 Å². The molecule has 1 fully saturated rings. The summed E-state index contributed by atoms with van der Waals surface area (Å²) in [6.07, 6.45) is 3.36. The van der Waals surface area contributed by atoms with Gasteiger partial charge in [0, 0.05) is 20.3 Å². The van der Waals surface area contributed by atoms with Gasteiger partial charge in [0.15, 0.2) is 0 Å². The highest BCUT2D eigenvalue weighted by Gasteiger charge is 2.15. The number of methoxy groups -OCH3 is 1. The molecule has 1 unspecified atom stereocenters. The Morgan fingerprint density at radius 3 is 3.06 bits per heavy atom. The van der Waals surface area contributed by atoms with Crippen LogP contribution in [0, 0.1) is 0 Å². The van der Waals surface area contributed by atoms with Crippen LogP contribution in [0.15, 0.2) is 0 Å². The van der Waals surface area contributed by atoms with Gasteiger partial charge in [-0.3, -0.25) is 4.79 Å². The maximum absolute atomic E-state index is 11.3. The largest absolute Gasteiger partial charge is 0.462 e. The van der Waals surface area contributed by atoms with Crippen LogP contribution in [-0.2, 0) is 19.0 Å². The normalized spacial score (nSPS) is 20.7. The van der Waals surface area contributed by atoms with E-state index in [9.17, 15) is 4.79 Å². The molecule has 1 rings (SSSR count). The van der Waals surface area contributed by atoms with Crippen molar-refractivity contribution in [3.63, 3.8) is 0 Å². The van der Waals surface area contributed by atoms with Crippen LogP contribution in [0.25, 0.3) is 0 Å². The summed E-state index contributed by atoms with van der Waals surface area (Å²) in [5.74, 6) is -0.231. The van der Waals surface area contributed by atoms with Crippen molar-refractivity contribution in [2.24, 2.45) is 0 Å². The molecule has 0 amide bonds. The number of esters is 1. The number of ether oxygens (including phenoxy) is 3. The predicted molar refractivity (Wildman–Crippen MR) is 59.3 cm³/mol. The standard InChI is InChI=1S/C11H21NO4/c1-14-7-5-12-8-11(13)16-9-10-4-2-3-6-15-10/h10,12H,2-9H2,1H3. The fourth-order valence-electron chi connectivity index (χ4n) is 1.54. The summed E-state index contributed by atoms with van der Waals surface area (Å²) in [5, 5.41) is 2.93. The molecule has 1 aliphatic heterocycles. The van der Waals surface area contributed by atoms with Crippen molar-refractivity contribution >= 4 is 5.97 Å². The Labute approximate surface area is 96.4 Å². The average molecular weight is 231 g/mol. The summed E-state index contributed by atoms with van der Waals surface area (Å²) >= 11 is 0. The minimum Gasteiger partial charge on any atom is -0.462 e. The van der Waals surface area contributed by atoms with Gasteiger partial charge in [-0.05, 0) is 19.3 Å². The number of rotatable bonds is 7. The van der Waals surface area contributed by atoms with Crippen molar-refractivity contribution in [2.45, 2.75) is 25.4 Å². The third kappa shape index (κ3) is 6.05. The van der Waals surface area contributed by atoms with Crippen molar-refractivity contribution in [2.75, 3.05) is 40.0 Å². The molecular weight excluding hydrogens is 210 g/mol. The van der Waals surface area contributed by atoms with Gasteiger partial charge in [0.1, 0.15) is 6.61 Å². The van der Waals surface area contributed by atoms with Gasteiger partial charge in [-0.2, -0.15) is 0 Å². The first kappa shape index (κ1) is 13.4. The monoisotopic (exact) mass is 231 g/mol. The van der Waals surface area contributed by atoms with E-state index < -0.39 is 0 Å². The molecule has 1 atom stereocenters. The van der Waals surface area contributed by atoms with E-state index >= 15 is 0 Å². The topological polar surface area (TPSA) is 56.8 Å². The van der Waals surface area contributed by atoms with Crippen LogP contribution in [0.2, 0.25) is 0 Å². The van der Waals surface area contributed by atoms with E-state index in [1.807, 2.05) is 0 Å². The Kier molecular flexibility index (Phi) is 7.12. The first-order valence-electron chi connectivity index (χ1n) is 5.80. The predicted octanol–water partition coefficient (Wildman–Crippen LogP) is 0.335. The highest BCUT2D eigenvalue weighted by atomic mass is 16.6. The first-order chi connectivity index (χ1) is 7.83. The van der Waals surface area contributed by atoms with E-state index in [4.69, 9.17) is 14.2 Å². The number of hydrogen-bond donors (Lipinski definition) is 1. The van der Waals surface area contributed by atoms with E-state index in [1.165, 1.54) is 0 Å². The molecule has 0 aromatic carbocycles. The summed E-state index contributed by atoms with van der Waals surface area (Å²) in [5.41, 5.74) is 0. The van der Waals surface area contributed by atoms with Crippen molar-refractivity contribution < 1.29 is 19.0 Å². The second-order valence-corrected chi connectivity index (χ2v) is 3.84. The van der Waals surface area contributed by atoms with E-state index in [0.717, 1.165) is 25.9 Å². The number of hydrogen-bond acceptors (Lipinski definition) is 5. The maximum atomic E-state index is 11.3. The summed E-state index contributed by atoms with van der Waals surface area (Å²) in [6.45, 7) is 2.65. The molecule has 0 spiro atoms. The number of carbonyl (C=O) groups excluding carboxylic acids is 1. The smallest absolute Gasteiger partial charge is 0.320 e. The summed E-state index contributed by atoms with van der Waals surface area (Å²) in [4.78, 5) is 11.3. The molecule has 0 aromatic rings. The van der Waals surface area contributed by atoms with Crippen molar-refractivity contribution in [1.82, 2.24) is 5.32 Å². The Hall–Kier alpha value is -0.650. The highest BCUT2D eigenvalue weighted by molar-refractivity contribution is 5.71. The van der Waals surface area contributed by atoms with Crippen molar-refractivity contribution in [3.8, 4) is 0 Å². The number of nitrogens with one attached hydrogen (secondary N) is 1. The van der Waals surface area contributed by atoms with Gasteiger partial charge >= 0.3 is 5.97 Å². The van der Waals surface area contributed by atoms with E-state index in [1.54, 1.807) is 7.11 Å². The summed E-state index contributed by atoms with van der Waals surface area (Å²) in [7, 11) is 1.63. The van der Waals surface area contributed by atoms with E-state index in [-0.39, 0.29) is 18.6 Å². The van der Waals surface area contributed by atoms with Gasteiger partial charge < -0.3 is 19.5 Å². The van der Waals surface area contributed by atoms with E-state index in [2.05, 4.69) is 5.32 Å². The molecule has 0 saturated carbocycles. The molecule has 1 N–H and O–H groups in total. The minimum atomic E-state index is -0.231. The summed E-state index contributed by atoms with van der Waals surface area (Å²) < 4.78 is 15.4. The van der Waals surface area contributed by atoms with Gasteiger partial charge in [-0.1, -0.05) is 0 Å². The summed E-state index contributed by atoms with van der Waals surface area (Å²) in [6, 6.07) is 0. The first-order valence-corrected chi connectivity index (χ1v) is 5.80. The Balaban J connectivity index is 1.96. The van der Waals surface area contributed by atoms with Gasteiger partial charge in [0.25, 0.3) is 0 Å². The minimum absolute atomic E-state index is 0.0941. The zero-order chi connectivity index (χ0) is 11.6. The molecular formula is C11H21NO4. The fourth-order valence-corrected chi connectivity index (χ4v) is 1.54. The Morgan fingerprint density at radius 1 is 1.50 bits per heavy atom. The fraction of sp³-hybridized carbons (Fsp3) is 0.909. The third-order valence-electron chi connectivity index (χ3n) is 2.46. The van der Waals surface area contributed by atoms with Crippen molar-refractivity contribution in [1.29, 1.82) is 0 Å². The molecule has 0 aromatic heterocycles. The number of carbonyl (C=O) groups is 1. The Bertz CT molecular complexity index is 192. The van der Waals surface area contributed by atoms with Gasteiger partial charge in [0.2, 0.25) is 0 Å². The highest BCUT2D eigenvalue weighted by Crippen LogP contribution is 2.12. The average Bonchev–Trinajstić information content (AvgIpc) is 2.33. The van der Waals surface area contributed by atoms with Crippen LogP contribution >= 0.6 is 0 Å². The third-order valence-corrected chi connectivity index (χ3v) is 2.46. The van der Waals surface area contributed by atoms with E-state index in [0.29, 0.717) is 19.8 Å². The molecule has 16 heavy (non-hydrogen) atoms. The second-order valence-electron chi connectivity index (χ2n) is 3.84. The van der Waals surface area contributed by atoms with Crippen LogP contribution in [-0.4, -0.2) is 52.1 Å².